The van der Waals surface area contributed by atoms with E-state index in [0.29, 0.717) is 0 Å². The maximum absolute atomic E-state index is 14.4. The third kappa shape index (κ3) is 5.28. The molecular weight excluding hydrogens is 415 g/mol. The summed E-state index contributed by atoms with van der Waals surface area (Å²) in [5.74, 6) is -0.215. The smallest absolute Gasteiger partial charge is 0.117 e. The van der Waals surface area contributed by atoms with Crippen molar-refractivity contribution in [2.24, 2.45) is 5.73 Å². The molecule has 1 aromatic heterocycles. The second-order valence-electron chi connectivity index (χ2n) is 7.45. The zero-order valence-electron chi connectivity index (χ0n) is 18.1. The lowest BCUT2D eigenvalue weighted by Gasteiger charge is -2.11. The third-order valence-electron chi connectivity index (χ3n) is 4.64. The van der Waals surface area contributed by atoms with Gasteiger partial charge < -0.3 is 10.3 Å². The lowest BCUT2D eigenvalue weighted by molar-refractivity contribution is 0.555. The first-order valence-corrected chi connectivity index (χ1v) is 11.3. The van der Waals surface area contributed by atoms with Gasteiger partial charge >= 0.3 is 0 Å². The monoisotopic (exact) mass is 444 g/mol. The van der Waals surface area contributed by atoms with Gasteiger partial charge in [0.2, 0.25) is 0 Å². The molecule has 0 atom stereocenters. The minimum Gasteiger partial charge on any atom is -0.337 e. The Morgan fingerprint density at radius 1 is 1.03 bits per heavy atom. The van der Waals surface area contributed by atoms with Crippen molar-refractivity contribution >= 4 is 34.8 Å². The summed E-state index contributed by atoms with van der Waals surface area (Å²) in [5.41, 5.74) is 9.87. The first kappa shape index (κ1) is 22.9. The van der Waals surface area contributed by atoms with Gasteiger partial charge in [0.05, 0.1) is 6.54 Å². The molecule has 160 valence electrons. The van der Waals surface area contributed by atoms with E-state index in [1.54, 1.807) is 23.9 Å². The van der Waals surface area contributed by atoms with E-state index in [0.717, 1.165) is 32.6 Å². The predicted molar refractivity (Wildman–Crippen MR) is 129 cm³/mol. The highest BCUT2D eigenvalue weighted by Gasteiger charge is 2.18. The summed E-state index contributed by atoms with van der Waals surface area (Å²) in [4.78, 5) is 2.33. The van der Waals surface area contributed by atoms with Crippen LogP contribution in [0.4, 0.5) is 4.39 Å². The van der Waals surface area contributed by atoms with E-state index in [-0.39, 0.29) is 18.9 Å². The molecule has 0 unspecified atom stereocenters. The Balaban J connectivity index is 2.20. The van der Waals surface area contributed by atoms with E-state index in [2.05, 4.69) is 58.0 Å². The molecule has 2 N–H and O–H groups in total. The lowest BCUT2D eigenvalue weighted by Crippen LogP contribution is -2.03. The van der Waals surface area contributed by atoms with Crippen LogP contribution in [0.5, 0.6) is 0 Å². The van der Waals surface area contributed by atoms with Gasteiger partial charge in [0.1, 0.15) is 5.83 Å². The quantitative estimate of drug-likeness (QED) is 0.460. The van der Waals surface area contributed by atoms with Crippen molar-refractivity contribution in [3.8, 4) is 11.1 Å². The van der Waals surface area contributed by atoms with Crippen LogP contribution in [-0.2, 0) is 6.54 Å². The second kappa shape index (κ2) is 10.0. The minimum atomic E-state index is -0.215. The first-order chi connectivity index (χ1) is 14.3. The third-order valence-corrected chi connectivity index (χ3v) is 6.30. The standard InChI is InChI=1S/C23H29FN4S2/c1-16-23(17-7-6-8-19(13-17)29-26(2)3)21-14-20(30-27(4)5)9-10-22(21)28(16)15-18(24)11-12-25/h6-11,13-14H,12,15,25H2,1-5H3/b18-11-. The van der Waals surface area contributed by atoms with Gasteiger partial charge in [-0.1, -0.05) is 12.1 Å². The van der Waals surface area contributed by atoms with E-state index >= 15 is 0 Å². The zero-order chi connectivity index (χ0) is 21.8. The summed E-state index contributed by atoms with van der Waals surface area (Å²) in [5, 5.41) is 1.13. The largest absolute Gasteiger partial charge is 0.337 e. The molecule has 0 aliphatic heterocycles. The van der Waals surface area contributed by atoms with Crippen LogP contribution >= 0.6 is 23.9 Å². The van der Waals surface area contributed by atoms with Gasteiger partial charge in [-0.05, 0) is 101 Å². The average Bonchev–Trinajstić information content (AvgIpc) is 2.92. The summed E-state index contributed by atoms with van der Waals surface area (Å²) < 4.78 is 20.6. The average molecular weight is 445 g/mol. The van der Waals surface area contributed by atoms with Crippen molar-refractivity contribution in [2.75, 3.05) is 34.7 Å². The van der Waals surface area contributed by atoms with E-state index in [1.165, 1.54) is 11.0 Å². The van der Waals surface area contributed by atoms with Crippen LogP contribution in [-0.4, -0.2) is 47.9 Å². The van der Waals surface area contributed by atoms with Gasteiger partial charge in [-0.25, -0.2) is 4.39 Å². The molecule has 3 aromatic rings. The Labute approximate surface area is 187 Å². The van der Waals surface area contributed by atoms with Crippen molar-refractivity contribution in [3.05, 3.63) is 60.1 Å². The normalized spacial score (nSPS) is 12.5. The number of allylic oxidation sites excluding steroid dienone is 1. The fraction of sp³-hybridized carbons (Fsp3) is 0.304. The zero-order valence-corrected chi connectivity index (χ0v) is 19.8. The van der Waals surface area contributed by atoms with Gasteiger partial charge in [-0.3, -0.25) is 8.61 Å². The highest BCUT2D eigenvalue weighted by Crippen LogP contribution is 2.38. The van der Waals surface area contributed by atoms with E-state index in [4.69, 9.17) is 5.73 Å². The lowest BCUT2D eigenvalue weighted by atomic mass is 10.0. The van der Waals surface area contributed by atoms with E-state index < -0.39 is 0 Å². The van der Waals surface area contributed by atoms with Crippen molar-refractivity contribution < 1.29 is 4.39 Å². The van der Waals surface area contributed by atoms with Crippen LogP contribution in [0.2, 0.25) is 0 Å². The number of nitrogens with zero attached hydrogens (tertiary/aromatic N) is 3. The molecule has 0 radical (unpaired) electrons. The molecule has 0 spiro atoms. The van der Waals surface area contributed by atoms with Crippen molar-refractivity contribution in [1.82, 2.24) is 13.2 Å². The maximum atomic E-state index is 14.4. The number of hydrogen-bond donors (Lipinski definition) is 1. The molecule has 30 heavy (non-hydrogen) atoms. The van der Waals surface area contributed by atoms with E-state index in [9.17, 15) is 4.39 Å². The highest BCUT2D eigenvalue weighted by atomic mass is 32.2. The molecule has 1 heterocycles. The summed E-state index contributed by atoms with van der Waals surface area (Å²) >= 11 is 3.36. The van der Waals surface area contributed by atoms with Crippen molar-refractivity contribution in [3.63, 3.8) is 0 Å². The van der Waals surface area contributed by atoms with Gasteiger partial charge in [0.15, 0.2) is 0 Å². The fourth-order valence-corrected chi connectivity index (χ4v) is 5.02. The van der Waals surface area contributed by atoms with Crippen LogP contribution < -0.4 is 5.73 Å². The molecule has 7 heteroatoms. The first-order valence-electron chi connectivity index (χ1n) is 9.78. The number of nitrogens with two attached hydrogens (primary N) is 1. The second-order valence-corrected chi connectivity index (χ2v) is 10.2. The predicted octanol–water partition coefficient (Wildman–Crippen LogP) is 5.57. The molecule has 0 saturated carbocycles. The van der Waals surface area contributed by atoms with Crippen LogP contribution in [0, 0.1) is 6.92 Å². The summed E-state index contributed by atoms with van der Waals surface area (Å²) in [6.45, 7) is 2.45. The van der Waals surface area contributed by atoms with Crippen molar-refractivity contribution in [1.29, 1.82) is 0 Å². The van der Waals surface area contributed by atoms with Crippen LogP contribution in [0.25, 0.3) is 22.0 Å². The van der Waals surface area contributed by atoms with Gasteiger partial charge in [-0.2, -0.15) is 0 Å². The SMILES string of the molecule is Cc1c(-c2cccc(SN(C)C)c2)c2cc(SN(C)C)ccc2n1C/C(F)=C/CN. The maximum Gasteiger partial charge on any atom is 0.117 e. The Hall–Kier alpha value is -1.77. The highest BCUT2D eigenvalue weighted by molar-refractivity contribution is 7.97. The molecule has 0 aliphatic rings. The summed E-state index contributed by atoms with van der Waals surface area (Å²) in [6, 6.07) is 14.9. The van der Waals surface area contributed by atoms with Crippen LogP contribution in [0.1, 0.15) is 5.69 Å². The topological polar surface area (TPSA) is 37.4 Å². The minimum absolute atomic E-state index is 0.186. The number of halogens is 1. The summed E-state index contributed by atoms with van der Waals surface area (Å²) in [7, 11) is 8.12. The van der Waals surface area contributed by atoms with Gasteiger partial charge in [0, 0.05) is 38.5 Å². The molecule has 0 amide bonds. The fourth-order valence-electron chi connectivity index (χ4n) is 3.56. The molecular formula is C23H29FN4S2. The number of aromatic nitrogens is 1. The number of rotatable bonds is 8. The van der Waals surface area contributed by atoms with Gasteiger partial charge in [-0.15, -0.1) is 0 Å². The van der Waals surface area contributed by atoms with E-state index in [1.807, 2.05) is 32.8 Å². The van der Waals surface area contributed by atoms with Crippen LogP contribution in [0.3, 0.4) is 0 Å². The number of fused-ring (bicyclic) bond motifs is 1. The molecule has 0 bridgehead atoms. The summed E-state index contributed by atoms with van der Waals surface area (Å²) in [6.07, 6.45) is 1.44. The Morgan fingerprint density at radius 2 is 1.70 bits per heavy atom. The molecule has 3 rings (SSSR count). The molecule has 4 nitrogen and oxygen atoms in total. The number of benzene rings is 2. The molecule has 0 fully saturated rings. The van der Waals surface area contributed by atoms with Gasteiger partial charge in [0.25, 0.3) is 0 Å². The Bertz CT molecular complexity index is 1060. The Kier molecular flexibility index (Phi) is 7.65. The molecule has 2 aromatic carbocycles. The Morgan fingerprint density at radius 3 is 2.33 bits per heavy atom. The molecule has 0 saturated heterocycles. The number of hydrogen-bond acceptors (Lipinski definition) is 5. The van der Waals surface area contributed by atoms with Crippen molar-refractivity contribution in [2.45, 2.75) is 23.3 Å². The molecule has 0 aliphatic carbocycles. The van der Waals surface area contributed by atoms with Crippen LogP contribution in [0.15, 0.2) is 64.2 Å².